The van der Waals surface area contributed by atoms with Gasteiger partial charge in [0, 0.05) is 25.1 Å². The van der Waals surface area contributed by atoms with Gasteiger partial charge in [-0.1, -0.05) is 36.0 Å². The summed E-state index contributed by atoms with van der Waals surface area (Å²) in [6, 6.07) is 7.33. The topological polar surface area (TPSA) is 79.0 Å². The Morgan fingerprint density at radius 3 is 2.50 bits per heavy atom. The Hall–Kier alpha value is -1.82. The zero-order chi connectivity index (χ0) is 13.0. The highest BCUT2D eigenvalue weighted by Crippen LogP contribution is 2.21. The number of carbonyl (C=O) groups is 1. The summed E-state index contributed by atoms with van der Waals surface area (Å²) in [6.45, 7) is 1.74. The van der Waals surface area contributed by atoms with Crippen LogP contribution in [0.5, 0.6) is 0 Å². The van der Waals surface area contributed by atoms with E-state index < -0.39 is 5.97 Å². The molecule has 0 unspecified atom stereocenters. The molecule has 0 N–H and O–H groups in total. The van der Waals surface area contributed by atoms with Crippen molar-refractivity contribution in [2.45, 2.75) is 24.3 Å². The predicted octanol–water partition coefficient (Wildman–Crippen LogP) is 0.963. The number of carbonyl (C=O) groups excluding carboxylic acids is 1. The van der Waals surface area contributed by atoms with Crippen LogP contribution in [-0.4, -0.2) is 16.2 Å². The van der Waals surface area contributed by atoms with Gasteiger partial charge in [-0.25, -0.2) is 0 Å². The van der Waals surface area contributed by atoms with Crippen molar-refractivity contribution < 1.29 is 14.3 Å². The zero-order valence-corrected chi connectivity index (χ0v) is 10.6. The summed E-state index contributed by atoms with van der Waals surface area (Å²) in [5, 5.41) is 18.6. The Morgan fingerprint density at radius 2 is 1.94 bits per heavy atom. The molecule has 0 aliphatic heterocycles. The van der Waals surface area contributed by atoms with Gasteiger partial charge in [0.25, 0.3) is 5.22 Å². The Balaban J connectivity index is 1.92. The molecular weight excluding hydrogens is 252 g/mol. The van der Waals surface area contributed by atoms with Crippen LogP contribution in [0.3, 0.4) is 0 Å². The number of hydrogen-bond donors (Lipinski definition) is 0. The van der Waals surface area contributed by atoms with Gasteiger partial charge in [0.2, 0.25) is 5.89 Å². The summed E-state index contributed by atoms with van der Waals surface area (Å²) in [7, 11) is 0. The van der Waals surface area contributed by atoms with Crippen LogP contribution in [0.4, 0.5) is 0 Å². The second-order valence-electron chi connectivity index (χ2n) is 3.74. The average Bonchev–Trinajstić information content (AvgIpc) is 2.74. The summed E-state index contributed by atoms with van der Waals surface area (Å²) in [4.78, 5) is 10.4. The minimum Gasteiger partial charge on any atom is -0.550 e. The normalized spacial score (nSPS) is 10.5. The minimum absolute atomic E-state index is 0.0592. The third-order valence-electron chi connectivity index (χ3n) is 2.24. The Morgan fingerprint density at radius 1 is 1.28 bits per heavy atom. The summed E-state index contributed by atoms with van der Waals surface area (Å²) >= 11 is 1.45. The van der Waals surface area contributed by atoms with Crippen molar-refractivity contribution in [1.82, 2.24) is 10.2 Å². The van der Waals surface area contributed by atoms with Crippen molar-refractivity contribution in [1.29, 1.82) is 0 Å². The molecule has 6 heteroatoms. The van der Waals surface area contributed by atoms with Crippen LogP contribution in [0.25, 0.3) is 0 Å². The van der Waals surface area contributed by atoms with Crippen molar-refractivity contribution in [3.8, 4) is 0 Å². The third kappa shape index (κ3) is 3.59. The van der Waals surface area contributed by atoms with Gasteiger partial charge in [-0.3, -0.25) is 0 Å². The van der Waals surface area contributed by atoms with Crippen molar-refractivity contribution >= 4 is 17.7 Å². The summed E-state index contributed by atoms with van der Waals surface area (Å²) in [5.41, 5.74) is 1.80. The number of benzene rings is 1. The number of hydrogen-bond acceptors (Lipinski definition) is 6. The van der Waals surface area contributed by atoms with E-state index >= 15 is 0 Å². The van der Waals surface area contributed by atoms with Gasteiger partial charge in [0.15, 0.2) is 0 Å². The van der Waals surface area contributed by atoms with Crippen molar-refractivity contribution in [3.63, 3.8) is 0 Å². The van der Waals surface area contributed by atoms with Crippen LogP contribution >= 0.6 is 11.8 Å². The molecule has 1 heterocycles. The molecule has 0 atom stereocenters. The lowest BCUT2D eigenvalue weighted by atomic mass is 10.1. The first-order chi connectivity index (χ1) is 8.63. The lowest BCUT2D eigenvalue weighted by Crippen LogP contribution is -2.24. The van der Waals surface area contributed by atoms with E-state index in [1.165, 1.54) is 11.8 Å². The first-order valence-electron chi connectivity index (χ1n) is 5.34. The first-order valence-corrected chi connectivity index (χ1v) is 6.32. The number of rotatable bonds is 5. The van der Waals surface area contributed by atoms with Crippen molar-refractivity contribution in [2.24, 2.45) is 0 Å². The average molecular weight is 263 g/mol. The van der Waals surface area contributed by atoms with Crippen molar-refractivity contribution in [3.05, 3.63) is 41.3 Å². The van der Waals surface area contributed by atoms with Crippen LogP contribution in [0.2, 0.25) is 0 Å². The molecule has 0 saturated carbocycles. The number of nitrogens with zero attached hydrogens (tertiary/aromatic N) is 2. The molecule has 0 saturated heterocycles. The van der Waals surface area contributed by atoms with E-state index in [4.69, 9.17) is 4.42 Å². The van der Waals surface area contributed by atoms with Crippen LogP contribution in [-0.2, 0) is 17.0 Å². The molecule has 18 heavy (non-hydrogen) atoms. The number of aryl methyl sites for hydroxylation is 1. The van der Waals surface area contributed by atoms with Gasteiger partial charge in [-0.2, -0.15) is 0 Å². The lowest BCUT2D eigenvalue weighted by Gasteiger charge is -2.03. The van der Waals surface area contributed by atoms with Crippen molar-refractivity contribution in [2.75, 3.05) is 0 Å². The molecule has 0 radical (unpaired) electrons. The highest BCUT2D eigenvalue weighted by atomic mass is 32.2. The molecule has 0 bridgehead atoms. The maximum absolute atomic E-state index is 10.4. The minimum atomic E-state index is -1.07. The van der Waals surface area contributed by atoms with Crippen LogP contribution in [0.15, 0.2) is 33.9 Å². The van der Waals surface area contributed by atoms with Gasteiger partial charge >= 0.3 is 0 Å². The van der Waals surface area contributed by atoms with E-state index in [0.29, 0.717) is 16.9 Å². The van der Waals surface area contributed by atoms with E-state index in [0.717, 1.165) is 11.1 Å². The number of carboxylic acid groups (broad SMARTS) is 1. The molecular formula is C12H11N2O3S-. The molecule has 1 aromatic carbocycles. The molecule has 0 fully saturated rings. The quantitative estimate of drug-likeness (QED) is 0.748. The van der Waals surface area contributed by atoms with E-state index in [2.05, 4.69) is 10.2 Å². The first kappa shape index (κ1) is 12.6. The molecule has 0 spiro atoms. The molecule has 2 rings (SSSR count). The number of aliphatic carboxylic acids is 1. The van der Waals surface area contributed by atoms with Crippen LogP contribution in [0, 0.1) is 6.92 Å². The standard InChI is InChI=1S/C12H12N2O3S/c1-8-13-14-12(17-8)18-7-10-4-2-9(3-5-10)6-11(15)16/h2-5H,6-7H2,1H3,(H,15,16)/p-1. The maximum atomic E-state index is 10.4. The largest absolute Gasteiger partial charge is 0.550 e. The lowest BCUT2D eigenvalue weighted by molar-refractivity contribution is -0.304. The molecule has 2 aromatic rings. The van der Waals surface area contributed by atoms with E-state index in [1.807, 2.05) is 12.1 Å². The third-order valence-corrected chi connectivity index (χ3v) is 3.13. The second-order valence-corrected chi connectivity index (χ2v) is 4.67. The van der Waals surface area contributed by atoms with Gasteiger partial charge in [-0.05, 0) is 11.1 Å². The van der Waals surface area contributed by atoms with E-state index in [9.17, 15) is 9.90 Å². The molecule has 94 valence electrons. The molecule has 1 aromatic heterocycles. The summed E-state index contributed by atoms with van der Waals surface area (Å²) < 4.78 is 5.24. The summed E-state index contributed by atoms with van der Waals surface area (Å²) in [6.07, 6.45) is -0.0592. The van der Waals surface area contributed by atoms with Gasteiger partial charge in [-0.15, -0.1) is 10.2 Å². The predicted molar refractivity (Wildman–Crippen MR) is 63.7 cm³/mol. The SMILES string of the molecule is Cc1nnc(SCc2ccc(CC(=O)[O-])cc2)o1. The van der Waals surface area contributed by atoms with Gasteiger partial charge < -0.3 is 14.3 Å². The van der Waals surface area contributed by atoms with Crippen LogP contribution < -0.4 is 5.11 Å². The smallest absolute Gasteiger partial charge is 0.276 e. The van der Waals surface area contributed by atoms with Gasteiger partial charge in [0.05, 0.1) is 0 Å². The van der Waals surface area contributed by atoms with E-state index in [1.54, 1.807) is 19.1 Å². The fourth-order valence-corrected chi connectivity index (χ4v) is 2.16. The number of carboxylic acids is 1. The highest BCUT2D eigenvalue weighted by Gasteiger charge is 2.03. The molecule has 0 aliphatic carbocycles. The molecule has 5 nitrogen and oxygen atoms in total. The summed E-state index contributed by atoms with van der Waals surface area (Å²) in [5.74, 6) is 0.174. The Labute approximate surface area is 108 Å². The second kappa shape index (κ2) is 5.68. The number of aromatic nitrogens is 2. The van der Waals surface area contributed by atoms with Gasteiger partial charge in [0.1, 0.15) is 0 Å². The molecule has 0 amide bonds. The van der Waals surface area contributed by atoms with E-state index in [-0.39, 0.29) is 6.42 Å². The van der Waals surface area contributed by atoms with Crippen LogP contribution in [0.1, 0.15) is 17.0 Å². The molecule has 0 aliphatic rings. The Bertz CT molecular complexity index is 537. The number of thioether (sulfide) groups is 1. The Kier molecular flexibility index (Phi) is 3.99. The maximum Gasteiger partial charge on any atom is 0.276 e. The zero-order valence-electron chi connectivity index (χ0n) is 9.75. The fourth-order valence-electron chi connectivity index (χ4n) is 1.40. The highest BCUT2D eigenvalue weighted by molar-refractivity contribution is 7.98. The fraction of sp³-hybridized carbons (Fsp3) is 0.250. The monoisotopic (exact) mass is 263 g/mol.